The molecule has 0 aliphatic heterocycles. The molecule has 176 valence electrons. The molecule has 1 aromatic heterocycles. The maximum atomic E-state index is 12.3. The Kier molecular flexibility index (Phi) is 8.09. The fourth-order valence-corrected chi connectivity index (χ4v) is 4.17. The van der Waals surface area contributed by atoms with Gasteiger partial charge in [-0.3, -0.25) is 4.79 Å². The number of carbonyl (C=O) groups excluding carboxylic acids is 1. The first-order valence-electron chi connectivity index (χ1n) is 11.4. The quantitative estimate of drug-likeness (QED) is 0.256. The number of ether oxygens (including phenoxy) is 1. The molecule has 0 bridgehead atoms. The number of rotatable bonds is 10. The molecule has 4 rings (SSSR count). The van der Waals surface area contributed by atoms with Crippen LogP contribution in [-0.2, 0) is 13.0 Å². The van der Waals surface area contributed by atoms with Gasteiger partial charge in [-0.1, -0.05) is 41.4 Å². The molecule has 7 heteroatoms. The molecule has 1 amide bonds. The zero-order valence-corrected chi connectivity index (χ0v) is 20.6. The number of aromatic nitrogens is 2. The summed E-state index contributed by atoms with van der Waals surface area (Å²) in [6.45, 7) is 3.93. The lowest BCUT2D eigenvalue weighted by Gasteiger charge is -2.11. The lowest BCUT2D eigenvalue weighted by molar-refractivity contribution is 0.0953. The second kappa shape index (κ2) is 11.4. The van der Waals surface area contributed by atoms with E-state index in [1.807, 2.05) is 43.3 Å². The van der Waals surface area contributed by atoms with Gasteiger partial charge in [0.15, 0.2) is 0 Å². The van der Waals surface area contributed by atoms with Crippen molar-refractivity contribution in [2.24, 2.45) is 0 Å². The normalized spacial score (nSPS) is 11.0. The van der Waals surface area contributed by atoms with Gasteiger partial charge in [0, 0.05) is 35.1 Å². The number of aryl methyl sites for hydroxylation is 3. The second-order valence-electron chi connectivity index (χ2n) is 8.15. The molecule has 0 aliphatic carbocycles. The Morgan fingerprint density at radius 3 is 2.71 bits per heavy atom. The van der Waals surface area contributed by atoms with Crippen molar-refractivity contribution in [2.75, 3.05) is 13.2 Å². The number of hydrogen-bond acceptors (Lipinski definition) is 3. The largest absolute Gasteiger partial charge is 0.494 e. The molecule has 0 saturated carbocycles. The smallest absolute Gasteiger partial charge is 0.251 e. The minimum atomic E-state index is -0.120. The van der Waals surface area contributed by atoms with E-state index in [1.54, 1.807) is 24.3 Å². The van der Waals surface area contributed by atoms with Crippen molar-refractivity contribution in [3.8, 4) is 5.75 Å². The fraction of sp³-hybridized carbons (Fsp3) is 0.259. The topological polar surface area (TPSA) is 56.1 Å². The van der Waals surface area contributed by atoms with E-state index >= 15 is 0 Å². The summed E-state index contributed by atoms with van der Waals surface area (Å²) in [6, 6.07) is 20.8. The lowest BCUT2D eigenvalue weighted by atomic mass is 10.2. The highest BCUT2D eigenvalue weighted by atomic mass is 35.5. The number of nitrogens with zero attached hydrogens (tertiary/aromatic N) is 2. The number of hydrogen-bond donors (Lipinski definition) is 1. The third kappa shape index (κ3) is 6.10. The highest BCUT2D eigenvalue weighted by Crippen LogP contribution is 2.22. The highest BCUT2D eigenvalue weighted by molar-refractivity contribution is 6.31. The summed E-state index contributed by atoms with van der Waals surface area (Å²) in [6.07, 6.45) is 2.40. The Hall–Kier alpha value is -3.02. The first-order chi connectivity index (χ1) is 16.5. The molecule has 0 atom stereocenters. The SMILES string of the molecule is Cc1cc(OCCCn2c(CCCNC(=O)c3cccc(Cl)c3)nc3ccccc32)ccc1Cl. The van der Waals surface area contributed by atoms with Gasteiger partial charge in [0.2, 0.25) is 0 Å². The van der Waals surface area contributed by atoms with Crippen LogP contribution in [-0.4, -0.2) is 28.6 Å². The van der Waals surface area contributed by atoms with Gasteiger partial charge in [0.1, 0.15) is 11.6 Å². The Morgan fingerprint density at radius 2 is 1.88 bits per heavy atom. The molecule has 1 heterocycles. The molecule has 0 aliphatic rings. The zero-order valence-electron chi connectivity index (χ0n) is 19.1. The molecule has 0 fully saturated rings. The average molecular weight is 496 g/mol. The number of amides is 1. The summed E-state index contributed by atoms with van der Waals surface area (Å²) >= 11 is 12.1. The van der Waals surface area contributed by atoms with E-state index in [-0.39, 0.29) is 5.91 Å². The summed E-state index contributed by atoms with van der Waals surface area (Å²) in [5.41, 5.74) is 3.66. The molecule has 0 unspecified atom stereocenters. The Balaban J connectivity index is 1.33. The molecule has 0 spiro atoms. The number of para-hydroxylation sites is 2. The number of imidazole rings is 1. The van der Waals surface area contributed by atoms with E-state index in [0.29, 0.717) is 23.7 Å². The predicted octanol–water partition coefficient (Wildman–Crippen LogP) is 6.48. The van der Waals surface area contributed by atoms with Crippen LogP contribution in [0.5, 0.6) is 5.75 Å². The van der Waals surface area contributed by atoms with E-state index in [4.69, 9.17) is 32.9 Å². The summed E-state index contributed by atoms with van der Waals surface area (Å²) < 4.78 is 8.17. The molecule has 34 heavy (non-hydrogen) atoms. The Labute approximate surface area is 209 Å². The molecule has 5 nitrogen and oxygen atoms in total. The van der Waals surface area contributed by atoms with Crippen molar-refractivity contribution < 1.29 is 9.53 Å². The van der Waals surface area contributed by atoms with Crippen LogP contribution in [0.1, 0.15) is 34.6 Å². The van der Waals surface area contributed by atoms with Gasteiger partial charge in [-0.2, -0.15) is 0 Å². The minimum Gasteiger partial charge on any atom is -0.494 e. The molecule has 0 saturated heterocycles. The van der Waals surface area contributed by atoms with Gasteiger partial charge < -0.3 is 14.6 Å². The van der Waals surface area contributed by atoms with E-state index in [2.05, 4.69) is 16.0 Å². The second-order valence-corrected chi connectivity index (χ2v) is 8.99. The van der Waals surface area contributed by atoms with Crippen LogP contribution in [0.2, 0.25) is 10.0 Å². The first kappa shape index (κ1) is 24.1. The standard InChI is InChI=1S/C27H27Cl2N3O2/c1-19-17-22(12-13-23(19)29)34-16-6-15-32-25-10-3-2-9-24(25)31-26(32)11-5-14-30-27(33)20-7-4-8-21(28)18-20/h2-4,7-10,12-13,17-18H,5-6,11,14-16H2,1H3,(H,30,33). The summed E-state index contributed by atoms with van der Waals surface area (Å²) in [5.74, 6) is 1.72. The average Bonchev–Trinajstić information content (AvgIpc) is 3.19. The maximum Gasteiger partial charge on any atom is 0.251 e. The van der Waals surface area contributed by atoms with Crippen molar-refractivity contribution in [1.29, 1.82) is 0 Å². The highest BCUT2D eigenvalue weighted by Gasteiger charge is 2.11. The lowest BCUT2D eigenvalue weighted by Crippen LogP contribution is -2.25. The van der Waals surface area contributed by atoms with Gasteiger partial charge in [-0.15, -0.1) is 0 Å². The van der Waals surface area contributed by atoms with Crippen molar-refractivity contribution >= 4 is 40.1 Å². The van der Waals surface area contributed by atoms with Crippen LogP contribution >= 0.6 is 23.2 Å². The first-order valence-corrected chi connectivity index (χ1v) is 12.1. The van der Waals surface area contributed by atoms with Crippen molar-refractivity contribution in [2.45, 2.75) is 32.7 Å². The van der Waals surface area contributed by atoms with E-state index < -0.39 is 0 Å². The third-order valence-corrected chi connectivity index (χ3v) is 6.27. The predicted molar refractivity (Wildman–Crippen MR) is 138 cm³/mol. The van der Waals surface area contributed by atoms with Crippen LogP contribution in [0, 0.1) is 6.92 Å². The number of halogens is 2. The number of benzene rings is 3. The van der Waals surface area contributed by atoms with Crippen molar-refractivity contribution in [3.05, 3.63) is 93.7 Å². The molecular formula is C27H27Cl2N3O2. The molecule has 0 radical (unpaired) electrons. The molecule has 1 N–H and O–H groups in total. The van der Waals surface area contributed by atoms with Gasteiger partial charge in [0.05, 0.1) is 17.6 Å². The maximum absolute atomic E-state index is 12.3. The monoisotopic (exact) mass is 495 g/mol. The van der Waals surface area contributed by atoms with E-state index in [9.17, 15) is 4.79 Å². The molecule has 3 aromatic carbocycles. The number of carbonyl (C=O) groups is 1. The van der Waals surface area contributed by atoms with Gasteiger partial charge in [-0.05, 0) is 73.9 Å². The van der Waals surface area contributed by atoms with Crippen LogP contribution in [0.4, 0.5) is 0 Å². The van der Waals surface area contributed by atoms with Gasteiger partial charge >= 0.3 is 0 Å². The van der Waals surface area contributed by atoms with Crippen LogP contribution in [0.15, 0.2) is 66.7 Å². The van der Waals surface area contributed by atoms with Crippen LogP contribution in [0.25, 0.3) is 11.0 Å². The van der Waals surface area contributed by atoms with Gasteiger partial charge in [0.25, 0.3) is 5.91 Å². The fourth-order valence-electron chi connectivity index (χ4n) is 3.87. The summed E-state index contributed by atoms with van der Waals surface area (Å²) in [7, 11) is 0. The Bertz CT molecular complexity index is 1290. The number of nitrogens with one attached hydrogen (secondary N) is 1. The summed E-state index contributed by atoms with van der Waals surface area (Å²) in [5, 5.41) is 4.26. The summed E-state index contributed by atoms with van der Waals surface area (Å²) in [4.78, 5) is 17.2. The Morgan fingerprint density at radius 1 is 1.03 bits per heavy atom. The number of fused-ring (bicyclic) bond motifs is 1. The zero-order chi connectivity index (χ0) is 23.9. The minimum absolute atomic E-state index is 0.120. The molecule has 4 aromatic rings. The van der Waals surface area contributed by atoms with E-state index in [0.717, 1.165) is 59.0 Å². The van der Waals surface area contributed by atoms with Gasteiger partial charge in [-0.25, -0.2) is 4.98 Å². The van der Waals surface area contributed by atoms with Crippen molar-refractivity contribution in [1.82, 2.24) is 14.9 Å². The van der Waals surface area contributed by atoms with E-state index in [1.165, 1.54) is 0 Å². The van der Waals surface area contributed by atoms with Crippen LogP contribution in [0.3, 0.4) is 0 Å². The van der Waals surface area contributed by atoms with Crippen LogP contribution < -0.4 is 10.1 Å². The van der Waals surface area contributed by atoms with Crippen molar-refractivity contribution in [3.63, 3.8) is 0 Å². The molecular weight excluding hydrogens is 469 g/mol. The third-order valence-electron chi connectivity index (χ3n) is 5.61.